The van der Waals surface area contributed by atoms with Crippen molar-refractivity contribution < 1.29 is 4.43 Å². The van der Waals surface area contributed by atoms with Gasteiger partial charge in [-0.25, -0.2) is 0 Å². The summed E-state index contributed by atoms with van der Waals surface area (Å²) in [5.41, 5.74) is 2.88. The molecule has 0 aliphatic rings. The highest BCUT2D eigenvalue weighted by Crippen LogP contribution is 2.32. The third-order valence-corrected chi connectivity index (χ3v) is 3.88. The summed E-state index contributed by atoms with van der Waals surface area (Å²) in [4.78, 5) is 0. The van der Waals surface area contributed by atoms with Crippen LogP contribution in [0.2, 0.25) is 0 Å². The molecule has 0 aromatic heterocycles. The molecule has 0 heterocycles. The Morgan fingerprint density at radius 3 is 2.29 bits per heavy atom. The minimum absolute atomic E-state index is 0.210. The lowest BCUT2D eigenvalue weighted by Gasteiger charge is -2.28. The lowest BCUT2D eigenvalue weighted by Crippen LogP contribution is -2.23. The summed E-state index contributed by atoms with van der Waals surface area (Å²) < 4.78 is 5.52. The van der Waals surface area contributed by atoms with E-state index in [1.54, 1.807) is 0 Å². The van der Waals surface area contributed by atoms with Gasteiger partial charge in [-0.1, -0.05) is 50.3 Å². The van der Waals surface area contributed by atoms with Crippen LogP contribution >= 0.6 is 0 Å². The zero-order chi connectivity index (χ0) is 12.7. The quantitative estimate of drug-likeness (QED) is 0.703. The van der Waals surface area contributed by atoms with Crippen LogP contribution in [0.5, 0.6) is 0 Å². The van der Waals surface area contributed by atoms with E-state index in [-0.39, 0.29) is 5.41 Å². The third-order valence-electron chi connectivity index (χ3n) is 3.59. The molecular formula is C15H24OSi. The maximum atomic E-state index is 5.52. The molecule has 0 radical (unpaired) electrons. The molecule has 0 N–H and O–H groups in total. The Bertz CT molecular complexity index is 352. The average molecular weight is 248 g/mol. The van der Waals surface area contributed by atoms with Gasteiger partial charge in [-0.3, -0.25) is 0 Å². The monoisotopic (exact) mass is 248 g/mol. The Labute approximate surface area is 108 Å². The highest BCUT2D eigenvalue weighted by atomic mass is 28.2. The van der Waals surface area contributed by atoms with Crippen LogP contribution in [0.25, 0.3) is 5.57 Å². The molecular weight excluding hydrogens is 224 g/mol. The second-order valence-corrected chi connectivity index (χ2v) is 5.27. The van der Waals surface area contributed by atoms with Crippen molar-refractivity contribution >= 4 is 16.1 Å². The van der Waals surface area contributed by atoms with Crippen LogP contribution in [-0.4, -0.2) is 17.1 Å². The van der Waals surface area contributed by atoms with Gasteiger partial charge >= 0.3 is 0 Å². The van der Waals surface area contributed by atoms with Crippen LogP contribution in [0.3, 0.4) is 0 Å². The van der Waals surface area contributed by atoms with Gasteiger partial charge in [-0.15, -0.1) is 0 Å². The van der Waals surface area contributed by atoms with Crippen LogP contribution in [0.15, 0.2) is 36.4 Å². The van der Waals surface area contributed by atoms with Crippen molar-refractivity contribution in [1.29, 1.82) is 0 Å². The standard InChI is InChI=1S/C15H24OSi/c1-4-15(5-2,12-16-17)11-13(3)14-9-7-6-8-10-14/h6-11H,4-5,12H2,1-3,17H3. The maximum Gasteiger partial charge on any atom is 0.146 e. The van der Waals surface area contributed by atoms with Crippen LogP contribution < -0.4 is 0 Å². The molecule has 0 saturated carbocycles. The first-order valence-corrected chi connectivity index (χ1v) is 7.23. The molecule has 0 bridgehead atoms. The minimum atomic E-state index is 0.210. The smallest absolute Gasteiger partial charge is 0.146 e. The molecule has 94 valence electrons. The van der Waals surface area contributed by atoms with Gasteiger partial charge in [0.25, 0.3) is 0 Å². The number of rotatable bonds is 6. The van der Waals surface area contributed by atoms with Gasteiger partial charge in [0.15, 0.2) is 0 Å². The Morgan fingerprint density at radius 2 is 1.82 bits per heavy atom. The number of hydrogen-bond acceptors (Lipinski definition) is 1. The Kier molecular flexibility index (Phi) is 5.66. The van der Waals surface area contributed by atoms with Gasteiger partial charge in [0.2, 0.25) is 0 Å². The summed E-state index contributed by atoms with van der Waals surface area (Å²) in [5.74, 6) is 0. The molecule has 0 aliphatic carbocycles. The fourth-order valence-corrected chi connectivity index (χ4v) is 2.81. The van der Waals surface area contributed by atoms with Crippen molar-refractivity contribution in [2.75, 3.05) is 6.61 Å². The fraction of sp³-hybridized carbons (Fsp3) is 0.467. The molecule has 0 aliphatic heterocycles. The molecule has 0 unspecified atom stereocenters. The predicted octanol–water partition coefficient (Wildman–Crippen LogP) is 3.19. The third kappa shape index (κ3) is 3.82. The van der Waals surface area contributed by atoms with E-state index < -0.39 is 0 Å². The zero-order valence-electron chi connectivity index (χ0n) is 11.5. The van der Waals surface area contributed by atoms with Crippen molar-refractivity contribution in [3.05, 3.63) is 42.0 Å². The zero-order valence-corrected chi connectivity index (χ0v) is 13.5. The molecule has 1 nitrogen and oxygen atoms in total. The molecule has 0 saturated heterocycles. The van der Waals surface area contributed by atoms with Crippen LogP contribution in [0, 0.1) is 5.41 Å². The first-order chi connectivity index (χ1) is 8.17. The summed E-state index contributed by atoms with van der Waals surface area (Å²) in [6.07, 6.45) is 4.67. The summed E-state index contributed by atoms with van der Waals surface area (Å²) in [6, 6.07) is 10.6. The topological polar surface area (TPSA) is 9.23 Å². The van der Waals surface area contributed by atoms with E-state index in [1.807, 2.05) is 0 Å². The van der Waals surface area contributed by atoms with Crippen LogP contribution in [-0.2, 0) is 4.43 Å². The minimum Gasteiger partial charge on any atom is -0.427 e. The second-order valence-electron chi connectivity index (χ2n) is 4.70. The normalized spacial score (nSPS) is 13.0. The molecule has 1 rings (SSSR count). The first-order valence-electron chi connectivity index (χ1n) is 6.41. The largest absolute Gasteiger partial charge is 0.427 e. The molecule has 0 fully saturated rings. The van der Waals surface area contributed by atoms with E-state index in [2.05, 4.69) is 57.2 Å². The van der Waals surface area contributed by atoms with Gasteiger partial charge in [0, 0.05) is 12.0 Å². The fourth-order valence-electron chi connectivity index (χ4n) is 2.23. The van der Waals surface area contributed by atoms with Gasteiger partial charge in [-0.2, -0.15) is 0 Å². The highest BCUT2D eigenvalue weighted by molar-refractivity contribution is 5.98. The van der Waals surface area contributed by atoms with E-state index in [0.717, 1.165) is 29.9 Å². The number of benzene rings is 1. The van der Waals surface area contributed by atoms with E-state index >= 15 is 0 Å². The van der Waals surface area contributed by atoms with Crippen LogP contribution in [0.4, 0.5) is 0 Å². The summed E-state index contributed by atoms with van der Waals surface area (Å²) in [7, 11) is 0.820. The Morgan fingerprint density at radius 1 is 1.24 bits per heavy atom. The molecule has 17 heavy (non-hydrogen) atoms. The van der Waals surface area contributed by atoms with Crippen molar-refractivity contribution in [2.24, 2.45) is 5.41 Å². The van der Waals surface area contributed by atoms with Gasteiger partial charge in [-0.05, 0) is 30.9 Å². The lowest BCUT2D eigenvalue weighted by atomic mass is 9.81. The van der Waals surface area contributed by atoms with E-state index in [0.29, 0.717) is 0 Å². The van der Waals surface area contributed by atoms with Gasteiger partial charge in [0.1, 0.15) is 10.5 Å². The number of allylic oxidation sites excluding steroid dienone is 1. The van der Waals surface area contributed by atoms with Crippen LogP contribution in [0.1, 0.15) is 39.2 Å². The first kappa shape index (κ1) is 14.2. The molecule has 2 heteroatoms. The molecule has 0 amide bonds. The Hall–Kier alpha value is -0.863. The van der Waals surface area contributed by atoms with Crippen molar-refractivity contribution in [3.8, 4) is 0 Å². The summed E-state index contributed by atoms with van der Waals surface area (Å²) >= 11 is 0. The van der Waals surface area contributed by atoms with Gasteiger partial charge < -0.3 is 4.43 Å². The lowest BCUT2D eigenvalue weighted by molar-refractivity contribution is 0.192. The van der Waals surface area contributed by atoms with Crippen molar-refractivity contribution in [1.82, 2.24) is 0 Å². The molecule has 0 spiro atoms. The van der Waals surface area contributed by atoms with E-state index in [9.17, 15) is 0 Å². The number of hydrogen-bond donors (Lipinski definition) is 0. The summed E-state index contributed by atoms with van der Waals surface area (Å²) in [5, 5.41) is 0. The van der Waals surface area contributed by atoms with E-state index in [4.69, 9.17) is 4.43 Å². The average Bonchev–Trinajstić information content (AvgIpc) is 2.39. The highest BCUT2D eigenvalue weighted by Gasteiger charge is 2.23. The predicted molar refractivity (Wildman–Crippen MR) is 79.0 cm³/mol. The summed E-state index contributed by atoms with van der Waals surface area (Å²) in [6.45, 7) is 7.55. The van der Waals surface area contributed by atoms with Crippen molar-refractivity contribution in [3.63, 3.8) is 0 Å². The van der Waals surface area contributed by atoms with Crippen molar-refractivity contribution in [2.45, 2.75) is 33.6 Å². The van der Waals surface area contributed by atoms with E-state index in [1.165, 1.54) is 11.1 Å². The maximum absolute atomic E-state index is 5.52. The molecule has 0 atom stereocenters. The molecule has 1 aromatic carbocycles. The SMILES string of the molecule is CCC(C=C(C)c1ccccc1)(CC)CO[SiH3]. The van der Waals surface area contributed by atoms with Gasteiger partial charge in [0.05, 0.1) is 0 Å². The second kappa shape index (κ2) is 6.77. The Balaban J connectivity index is 2.98. The molecule has 1 aromatic rings.